The third kappa shape index (κ3) is 3.04. The molecule has 0 aromatic carbocycles. The summed E-state index contributed by atoms with van der Waals surface area (Å²) in [6, 6.07) is 0.0777. The summed E-state index contributed by atoms with van der Waals surface area (Å²) in [6.45, 7) is 3.77. The van der Waals surface area contributed by atoms with Crippen molar-refractivity contribution in [2.75, 3.05) is 0 Å². The molecule has 1 saturated carbocycles. The summed E-state index contributed by atoms with van der Waals surface area (Å²) >= 11 is 11.4. The minimum atomic E-state index is -3.98. The van der Waals surface area contributed by atoms with Crippen LogP contribution in [0.5, 0.6) is 0 Å². The van der Waals surface area contributed by atoms with E-state index in [1.54, 1.807) is 4.57 Å². The Kier molecular flexibility index (Phi) is 3.57. The van der Waals surface area contributed by atoms with Crippen LogP contribution in [0.15, 0.2) is 17.6 Å². The van der Waals surface area contributed by atoms with Crippen LogP contribution in [0, 0.1) is 5.92 Å². The van der Waals surface area contributed by atoms with Crippen LogP contribution < -0.4 is 4.72 Å². The average Bonchev–Trinajstić information content (AvgIpc) is 2.75. The highest BCUT2D eigenvalue weighted by molar-refractivity contribution is 7.90. The smallest absolute Gasteiger partial charge is 0.283 e. The summed E-state index contributed by atoms with van der Waals surface area (Å²) in [5.41, 5.74) is 0. The molecule has 0 spiro atoms. The molecular formula is C10H13Cl2N3O3S. The van der Waals surface area contributed by atoms with Crippen LogP contribution in [0.3, 0.4) is 0 Å². The van der Waals surface area contributed by atoms with E-state index in [0.717, 1.165) is 0 Å². The van der Waals surface area contributed by atoms with Crippen LogP contribution in [-0.4, -0.2) is 28.2 Å². The Morgan fingerprint density at radius 2 is 2.16 bits per heavy atom. The second-order valence-corrected chi connectivity index (χ2v) is 7.91. The monoisotopic (exact) mass is 325 g/mol. The number of hydrogen-bond donors (Lipinski definition) is 1. The van der Waals surface area contributed by atoms with Crippen LogP contribution in [0.4, 0.5) is 0 Å². The zero-order chi connectivity index (χ0) is 14.4. The standard InChI is InChI=1S/C10H13Cl2N3O3S/c1-6(2)15-4-8(13-5-15)19(17,18)14-9(16)7-3-10(7,11)12/h4-7H,3H2,1-2H3,(H,14,16). The van der Waals surface area contributed by atoms with Crippen molar-refractivity contribution >= 4 is 39.1 Å². The van der Waals surface area contributed by atoms with Gasteiger partial charge < -0.3 is 4.57 Å². The molecule has 0 aliphatic heterocycles. The van der Waals surface area contributed by atoms with Gasteiger partial charge >= 0.3 is 0 Å². The molecular weight excluding hydrogens is 313 g/mol. The molecule has 1 aromatic heterocycles. The first kappa shape index (κ1) is 14.6. The fraction of sp³-hybridized carbons (Fsp3) is 0.600. The van der Waals surface area contributed by atoms with Gasteiger partial charge in [0.1, 0.15) is 4.33 Å². The van der Waals surface area contributed by atoms with Gasteiger partial charge in [-0.05, 0) is 20.3 Å². The van der Waals surface area contributed by atoms with E-state index in [0.29, 0.717) is 0 Å². The molecule has 1 aromatic rings. The van der Waals surface area contributed by atoms with Crippen molar-refractivity contribution in [3.63, 3.8) is 0 Å². The maximum Gasteiger partial charge on any atom is 0.283 e. The molecule has 0 saturated heterocycles. The minimum Gasteiger partial charge on any atom is -0.334 e. The zero-order valence-electron chi connectivity index (χ0n) is 10.3. The largest absolute Gasteiger partial charge is 0.334 e. The van der Waals surface area contributed by atoms with Crippen LogP contribution >= 0.6 is 23.2 Å². The minimum absolute atomic E-state index is 0.0777. The predicted molar refractivity (Wildman–Crippen MR) is 70.5 cm³/mol. The number of carbonyl (C=O) groups excluding carboxylic acids is 1. The van der Waals surface area contributed by atoms with E-state index in [1.165, 1.54) is 12.5 Å². The molecule has 2 rings (SSSR count). The van der Waals surface area contributed by atoms with Gasteiger partial charge in [-0.3, -0.25) is 4.79 Å². The van der Waals surface area contributed by atoms with Crippen LogP contribution in [0.1, 0.15) is 26.3 Å². The van der Waals surface area contributed by atoms with Gasteiger partial charge in [-0.1, -0.05) is 0 Å². The van der Waals surface area contributed by atoms with Crippen LogP contribution in [0.25, 0.3) is 0 Å². The molecule has 1 atom stereocenters. The van der Waals surface area contributed by atoms with E-state index < -0.39 is 26.2 Å². The van der Waals surface area contributed by atoms with Crippen molar-refractivity contribution in [2.45, 2.75) is 35.7 Å². The number of sulfonamides is 1. The highest BCUT2D eigenvalue weighted by atomic mass is 35.5. The number of amides is 1. The van der Waals surface area contributed by atoms with E-state index in [4.69, 9.17) is 23.2 Å². The third-order valence-corrected chi connectivity index (χ3v) is 4.89. The number of alkyl halides is 2. The molecule has 9 heteroatoms. The van der Waals surface area contributed by atoms with Gasteiger partial charge in [0, 0.05) is 12.2 Å². The number of carbonyl (C=O) groups is 1. The van der Waals surface area contributed by atoms with Crippen molar-refractivity contribution < 1.29 is 13.2 Å². The fourth-order valence-corrected chi connectivity index (χ4v) is 2.96. The molecule has 0 bridgehead atoms. The van der Waals surface area contributed by atoms with Gasteiger partial charge in [0.25, 0.3) is 10.0 Å². The third-order valence-electron chi connectivity index (χ3n) is 2.83. The Labute approximate surface area is 121 Å². The Morgan fingerprint density at radius 3 is 2.58 bits per heavy atom. The molecule has 1 N–H and O–H groups in total. The maximum atomic E-state index is 11.9. The molecule has 106 valence electrons. The molecule has 6 nitrogen and oxygen atoms in total. The van der Waals surface area contributed by atoms with Crippen molar-refractivity contribution in [1.29, 1.82) is 0 Å². The summed E-state index contributed by atoms with van der Waals surface area (Å²) in [4.78, 5) is 15.4. The molecule has 1 amide bonds. The summed E-state index contributed by atoms with van der Waals surface area (Å²) in [5, 5.41) is -0.204. The lowest BCUT2D eigenvalue weighted by Crippen LogP contribution is -2.33. The van der Waals surface area contributed by atoms with Crippen molar-refractivity contribution in [2.24, 2.45) is 5.92 Å². The second kappa shape index (κ2) is 4.64. The van der Waals surface area contributed by atoms with Gasteiger partial charge in [-0.2, -0.15) is 8.42 Å². The average molecular weight is 326 g/mol. The predicted octanol–water partition coefficient (Wildman–Crippen LogP) is 1.46. The quantitative estimate of drug-likeness (QED) is 0.850. The first-order valence-corrected chi connectivity index (χ1v) is 7.85. The Hall–Kier alpha value is -0.790. The number of rotatable bonds is 4. The van der Waals surface area contributed by atoms with E-state index in [1.807, 2.05) is 18.6 Å². The van der Waals surface area contributed by atoms with Gasteiger partial charge in [-0.15, -0.1) is 23.2 Å². The number of nitrogens with one attached hydrogen (secondary N) is 1. The van der Waals surface area contributed by atoms with Crippen molar-refractivity contribution in [3.8, 4) is 0 Å². The Morgan fingerprint density at radius 1 is 1.58 bits per heavy atom. The normalized spacial score (nSPS) is 21.4. The van der Waals surface area contributed by atoms with Crippen molar-refractivity contribution in [1.82, 2.24) is 14.3 Å². The highest BCUT2D eigenvalue weighted by Gasteiger charge is 2.57. The van der Waals surface area contributed by atoms with E-state index >= 15 is 0 Å². The summed E-state index contributed by atoms with van der Waals surface area (Å²) < 4.78 is 26.3. The molecule has 1 heterocycles. The lowest BCUT2D eigenvalue weighted by molar-refractivity contribution is -0.120. The van der Waals surface area contributed by atoms with Gasteiger partial charge in [0.05, 0.1) is 12.2 Å². The van der Waals surface area contributed by atoms with Crippen LogP contribution in [-0.2, 0) is 14.8 Å². The topological polar surface area (TPSA) is 81.1 Å². The summed E-state index contributed by atoms with van der Waals surface area (Å²) in [7, 11) is -3.98. The highest BCUT2D eigenvalue weighted by Crippen LogP contribution is 2.53. The van der Waals surface area contributed by atoms with Crippen LogP contribution in [0.2, 0.25) is 0 Å². The lowest BCUT2D eigenvalue weighted by atomic mass is 10.4. The fourth-order valence-electron chi connectivity index (χ4n) is 1.49. The maximum absolute atomic E-state index is 11.9. The second-order valence-electron chi connectivity index (χ2n) is 4.74. The first-order chi connectivity index (χ1) is 8.63. The molecule has 19 heavy (non-hydrogen) atoms. The number of imidazole rings is 1. The Balaban J connectivity index is 2.12. The number of halogens is 2. The number of aromatic nitrogens is 2. The van der Waals surface area contributed by atoms with E-state index in [2.05, 4.69) is 4.98 Å². The molecule has 1 unspecified atom stereocenters. The zero-order valence-corrected chi connectivity index (χ0v) is 12.6. The number of nitrogens with zero attached hydrogens (tertiary/aromatic N) is 2. The first-order valence-electron chi connectivity index (χ1n) is 5.61. The Bertz CT molecular complexity index is 609. The molecule has 1 aliphatic rings. The van der Waals surface area contributed by atoms with E-state index in [-0.39, 0.29) is 17.5 Å². The lowest BCUT2D eigenvalue weighted by Gasteiger charge is -2.05. The van der Waals surface area contributed by atoms with Crippen molar-refractivity contribution in [3.05, 3.63) is 12.5 Å². The summed E-state index contributed by atoms with van der Waals surface area (Å²) in [6.07, 6.45) is 3.01. The van der Waals surface area contributed by atoms with Gasteiger partial charge in [-0.25, -0.2) is 9.71 Å². The SMILES string of the molecule is CC(C)n1cnc(S(=O)(=O)NC(=O)C2CC2(Cl)Cl)c1. The summed E-state index contributed by atoms with van der Waals surface area (Å²) in [5.74, 6) is -1.40. The van der Waals surface area contributed by atoms with Gasteiger partial charge in [0.15, 0.2) is 5.03 Å². The number of hydrogen-bond acceptors (Lipinski definition) is 4. The van der Waals surface area contributed by atoms with E-state index in [9.17, 15) is 13.2 Å². The molecule has 1 fully saturated rings. The molecule has 1 aliphatic carbocycles. The molecule has 0 radical (unpaired) electrons. The van der Waals surface area contributed by atoms with Gasteiger partial charge in [0.2, 0.25) is 5.91 Å².